The van der Waals surface area contributed by atoms with Crippen LogP contribution in [0.5, 0.6) is 0 Å². The Bertz CT molecular complexity index is 2680. The van der Waals surface area contributed by atoms with Crippen molar-refractivity contribution in [1.29, 1.82) is 0 Å². The van der Waals surface area contributed by atoms with Crippen molar-refractivity contribution >= 4 is 102 Å². The number of hydrogen-bond acceptors (Lipinski definition) is 8. The molecule has 0 atom stereocenters. The summed E-state index contributed by atoms with van der Waals surface area (Å²) >= 11 is 15.2. The van der Waals surface area contributed by atoms with E-state index in [9.17, 15) is 9.59 Å². The minimum absolute atomic E-state index is 0.345. The summed E-state index contributed by atoms with van der Waals surface area (Å²) < 4.78 is 1.25. The maximum absolute atomic E-state index is 14.2. The first kappa shape index (κ1) is 33.4. The molecule has 252 valence electrons. The Balaban J connectivity index is 1.17. The van der Waals surface area contributed by atoms with Gasteiger partial charge < -0.3 is 10.6 Å². The molecule has 12 heteroatoms. The number of fused-ring (bicyclic) bond motifs is 2. The van der Waals surface area contributed by atoms with Gasteiger partial charge in [0.15, 0.2) is 0 Å². The number of benzene rings is 4. The number of carbonyl (C=O) groups excluding carboxylic acids is 2. The Morgan fingerprint density at radius 2 is 1.10 bits per heavy atom. The maximum Gasteiger partial charge on any atom is 0.256 e. The molecule has 0 aliphatic rings. The second kappa shape index (κ2) is 14.5. The highest BCUT2D eigenvalue weighted by molar-refractivity contribution is 7.19. The third kappa shape index (κ3) is 7.05. The summed E-state index contributed by atoms with van der Waals surface area (Å²) in [5, 5.41) is 16.3. The van der Waals surface area contributed by atoms with Gasteiger partial charge in [0.1, 0.15) is 5.69 Å². The van der Waals surface area contributed by atoms with Crippen LogP contribution in [0.15, 0.2) is 144 Å². The molecule has 4 heterocycles. The molecule has 0 aliphatic carbocycles. The van der Waals surface area contributed by atoms with Crippen LogP contribution in [0.25, 0.3) is 42.9 Å². The van der Waals surface area contributed by atoms with Crippen molar-refractivity contribution in [3.05, 3.63) is 153 Å². The SMILES string of the molecule is O=C(Nc1ccc(N=Nc2ccccc2)c(NC(=O)c2cc(-c3ccc(Cl)s3)nc3ccccc23)c1)c1cc(-c2ccc(Cl)s2)nc2ccccc12. The Hall–Kier alpha value is -5.78. The molecule has 8 aromatic rings. The second-order valence-corrected chi connectivity index (χ2v) is 15.0. The fourth-order valence-electron chi connectivity index (χ4n) is 5.68. The smallest absolute Gasteiger partial charge is 0.256 e. The number of thiophene rings is 2. The lowest BCUT2D eigenvalue weighted by Gasteiger charge is -2.14. The summed E-state index contributed by atoms with van der Waals surface area (Å²) in [5.41, 5.74) is 5.27. The fourth-order valence-corrected chi connectivity index (χ4v) is 7.69. The van der Waals surface area contributed by atoms with Crippen LogP contribution in [0.4, 0.5) is 22.7 Å². The van der Waals surface area contributed by atoms with Gasteiger partial charge in [-0.2, -0.15) is 5.11 Å². The molecule has 4 aromatic carbocycles. The maximum atomic E-state index is 14.2. The lowest BCUT2D eigenvalue weighted by molar-refractivity contribution is 0.102. The fraction of sp³-hybridized carbons (Fsp3) is 0. The summed E-state index contributed by atoms with van der Waals surface area (Å²) in [6.07, 6.45) is 0. The van der Waals surface area contributed by atoms with Crippen LogP contribution in [0.1, 0.15) is 20.7 Å². The van der Waals surface area contributed by atoms with E-state index in [4.69, 9.17) is 33.2 Å². The Morgan fingerprint density at radius 3 is 1.65 bits per heavy atom. The molecular weight excluding hydrogens is 732 g/mol. The number of nitrogens with zero attached hydrogens (tertiary/aromatic N) is 4. The van der Waals surface area contributed by atoms with Gasteiger partial charge in [0.2, 0.25) is 0 Å². The van der Waals surface area contributed by atoms with Gasteiger partial charge in [0, 0.05) is 16.5 Å². The van der Waals surface area contributed by atoms with E-state index in [0.29, 0.717) is 75.7 Å². The number of hydrogen-bond donors (Lipinski definition) is 2. The molecule has 8 rings (SSSR count). The van der Waals surface area contributed by atoms with Crippen LogP contribution in [-0.2, 0) is 0 Å². The lowest BCUT2D eigenvalue weighted by Crippen LogP contribution is -2.15. The number of azo groups is 1. The summed E-state index contributed by atoms with van der Waals surface area (Å²) in [7, 11) is 0. The molecule has 0 saturated carbocycles. The summed E-state index contributed by atoms with van der Waals surface area (Å²) in [5.74, 6) is -0.737. The van der Waals surface area contributed by atoms with Crippen LogP contribution in [0.2, 0.25) is 8.67 Å². The quantitative estimate of drug-likeness (QED) is 0.150. The molecular formula is C40H24Cl2N6O2S2. The largest absolute Gasteiger partial charge is 0.322 e. The third-order valence-electron chi connectivity index (χ3n) is 8.10. The molecule has 52 heavy (non-hydrogen) atoms. The summed E-state index contributed by atoms with van der Waals surface area (Å²) in [6.45, 7) is 0. The van der Waals surface area contributed by atoms with Gasteiger partial charge >= 0.3 is 0 Å². The van der Waals surface area contributed by atoms with Gasteiger partial charge in [-0.05, 0) is 78.9 Å². The molecule has 0 radical (unpaired) electrons. The zero-order chi connectivity index (χ0) is 35.6. The lowest BCUT2D eigenvalue weighted by atomic mass is 10.1. The molecule has 0 spiro atoms. The first-order chi connectivity index (χ1) is 25.4. The Kier molecular flexibility index (Phi) is 9.27. The van der Waals surface area contributed by atoms with E-state index in [1.807, 2.05) is 91.0 Å². The number of rotatable bonds is 8. The van der Waals surface area contributed by atoms with E-state index in [1.54, 1.807) is 42.5 Å². The highest BCUT2D eigenvalue weighted by atomic mass is 35.5. The highest BCUT2D eigenvalue weighted by Crippen LogP contribution is 2.36. The van der Waals surface area contributed by atoms with Crippen LogP contribution in [0.3, 0.4) is 0 Å². The highest BCUT2D eigenvalue weighted by Gasteiger charge is 2.19. The first-order valence-electron chi connectivity index (χ1n) is 15.9. The van der Waals surface area contributed by atoms with E-state index in [1.165, 1.54) is 22.7 Å². The Morgan fingerprint density at radius 1 is 0.558 bits per heavy atom. The van der Waals surface area contributed by atoms with Gasteiger partial charge in [-0.25, -0.2) is 9.97 Å². The molecule has 0 aliphatic heterocycles. The topological polar surface area (TPSA) is 109 Å². The number of pyridine rings is 2. The van der Waals surface area contributed by atoms with Crippen molar-refractivity contribution in [1.82, 2.24) is 9.97 Å². The van der Waals surface area contributed by atoms with Crippen molar-refractivity contribution in [2.24, 2.45) is 10.2 Å². The van der Waals surface area contributed by atoms with Crippen LogP contribution in [0, 0.1) is 0 Å². The van der Waals surface area contributed by atoms with E-state index in [2.05, 4.69) is 20.9 Å². The molecule has 4 aromatic heterocycles. The molecule has 0 unspecified atom stereocenters. The minimum atomic E-state index is -0.387. The Labute approximate surface area is 315 Å². The van der Waals surface area contributed by atoms with Gasteiger partial charge in [-0.1, -0.05) is 77.8 Å². The predicted molar refractivity (Wildman–Crippen MR) is 213 cm³/mol. The van der Waals surface area contributed by atoms with E-state index in [-0.39, 0.29) is 11.8 Å². The van der Waals surface area contributed by atoms with E-state index >= 15 is 0 Å². The van der Waals surface area contributed by atoms with Crippen LogP contribution < -0.4 is 10.6 Å². The molecule has 0 bridgehead atoms. The summed E-state index contributed by atoms with van der Waals surface area (Å²) in [4.78, 5) is 39.4. The number of amides is 2. The first-order valence-corrected chi connectivity index (χ1v) is 18.3. The standard InChI is InChI=1S/C40H24Cl2N6O2S2/c41-37-18-16-35(51-37)33-21-27(25-10-4-6-12-29(25)44-33)39(49)43-24-14-15-31(48-47-23-8-2-1-3-9-23)32(20-24)46-40(50)28-22-34(36-17-19-38(42)52-36)45-30-13-7-5-11-26(28)30/h1-22H,(H,43,49)(H,46,50). The van der Waals surface area contributed by atoms with Crippen molar-refractivity contribution < 1.29 is 9.59 Å². The van der Waals surface area contributed by atoms with Crippen molar-refractivity contribution in [3.8, 4) is 21.1 Å². The molecule has 0 saturated heterocycles. The predicted octanol–water partition coefficient (Wildman–Crippen LogP) is 12.5. The van der Waals surface area contributed by atoms with Gasteiger partial charge in [0.05, 0.1) is 63.3 Å². The molecule has 2 amide bonds. The number of nitrogens with one attached hydrogen (secondary N) is 2. The number of carbonyl (C=O) groups is 2. The zero-order valence-corrected chi connectivity index (χ0v) is 30.0. The van der Waals surface area contributed by atoms with Crippen molar-refractivity contribution in [3.63, 3.8) is 0 Å². The summed E-state index contributed by atoms with van der Waals surface area (Å²) in [6, 6.07) is 40.2. The monoisotopic (exact) mass is 754 g/mol. The molecule has 2 N–H and O–H groups in total. The normalized spacial score (nSPS) is 11.3. The number of halogens is 2. The second-order valence-electron chi connectivity index (χ2n) is 11.5. The van der Waals surface area contributed by atoms with Gasteiger partial charge in [0.25, 0.3) is 11.8 Å². The number of anilines is 2. The number of aromatic nitrogens is 2. The molecule has 8 nitrogen and oxygen atoms in total. The minimum Gasteiger partial charge on any atom is -0.322 e. The van der Waals surface area contributed by atoms with E-state index < -0.39 is 0 Å². The van der Waals surface area contributed by atoms with Crippen molar-refractivity contribution in [2.75, 3.05) is 10.6 Å². The van der Waals surface area contributed by atoms with Gasteiger partial charge in [-0.15, -0.1) is 27.8 Å². The number of para-hydroxylation sites is 2. The third-order valence-corrected chi connectivity index (χ3v) is 10.6. The average molecular weight is 756 g/mol. The zero-order valence-electron chi connectivity index (χ0n) is 26.9. The van der Waals surface area contributed by atoms with Crippen LogP contribution >= 0.6 is 45.9 Å². The van der Waals surface area contributed by atoms with Crippen molar-refractivity contribution in [2.45, 2.75) is 0 Å². The van der Waals surface area contributed by atoms with Gasteiger partial charge in [-0.3, -0.25) is 9.59 Å². The molecule has 0 fully saturated rings. The average Bonchev–Trinajstić information content (AvgIpc) is 3.82. The van der Waals surface area contributed by atoms with E-state index in [0.717, 1.165) is 9.75 Å². The van der Waals surface area contributed by atoms with Crippen LogP contribution in [-0.4, -0.2) is 21.8 Å².